The lowest BCUT2D eigenvalue weighted by Gasteiger charge is -2.62. The van der Waals surface area contributed by atoms with E-state index >= 15 is 0 Å². The maximum Gasteiger partial charge on any atom is 0.164 e. The van der Waals surface area contributed by atoms with Gasteiger partial charge in [-0.15, -0.1) is 0 Å². The largest absolute Gasteiger partial charge is 0.319 e. The van der Waals surface area contributed by atoms with Crippen LogP contribution in [0.1, 0.15) is 43.2 Å². The highest BCUT2D eigenvalue weighted by Gasteiger charge is 2.58. The van der Waals surface area contributed by atoms with Crippen molar-refractivity contribution in [3.8, 4) is 67.5 Å². The van der Waals surface area contributed by atoms with Gasteiger partial charge in [-0.2, -0.15) is 0 Å². The molecule has 9 aromatic carbocycles. The first-order valence-electron chi connectivity index (χ1n) is 25.1. The molecule has 0 spiro atoms. The van der Waals surface area contributed by atoms with Crippen LogP contribution in [0, 0.1) is 23.7 Å². The molecule has 1 heterocycles. The summed E-state index contributed by atoms with van der Waals surface area (Å²) >= 11 is 0. The zero-order chi connectivity index (χ0) is 47.0. The Morgan fingerprint density at radius 3 is 1.27 bits per heavy atom. The molecule has 0 amide bonds. The molecule has 4 aliphatic rings. The van der Waals surface area contributed by atoms with E-state index in [2.05, 4.69) is 206 Å². The molecule has 14 rings (SSSR count). The van der Waals surface area contributed by atoms with Crippen molar-refractivity contribution >= 4 is 34.0 Å². The third kappa shape index (κ3) is 7.18. The minimum absolute atomic E-state index is 0.0971. The number of aromatic nitrogens is 3. The molecule has 0 saturated heterocycles. The predicted octanol–water partition coefficient (Wildman–Crippen LogP) is 16.2. The molecule has 340 valence electrons. The molecular weight excluding hydrogens is 870 g/mol. The van der Waals surface area contributed by atoms with Crippen molar-refractivity contribution in [1.29, 1.82) is 0 Å². The number of rotatable bonds is 9. The van der Waals surface area contributed by atoms with Crippen molar-refractivity contribution in [3.05, 3.63) is 217 Å². The summed E-state index contributed by atoms with van der Waals surface area (Å²) < 4.78 is 14.0. The zero-order valence-electron chi connectivity index (χ0n) is 39.7. The molecule has 10 aromatic rings. The lowest BCUT2D eigenvalue weighted by molar-refractivity contribution is -0.0418. The topological polar surface area (TPSA) is 55.7 Å². The Balaban J connectivity index is 0.928. The van der Waals surface area contributed by atoms with Crippen LogP contribution in [0.25, 0.3) is 89.1 Å². The van der Waals surface area contributed by atoms with Gasteiger partial charge < -0.3 is 4.57 Å². The van der Waals surface area contributed by atoms with Gasteiger partial charge >= 0.3 is 0 Å². The van der Waals surface area contributed by atoms with Gasteiger partial charge in [-0.3, -0.25) is 0 Å². The van der Waals surface area contributed by atoms with Gasteiger partial charge in [0.15, 0.2) is 17.5 Å². The monoisotopic (exact) mass is 923 g/mol. The molecule has 0 unspecified atom stereocenters. The minimum Gasteiger partial charge on any atom is -0.319 e. The smallest absolute Gasteiger partial charge is 0.164 e. The third-order valence-electron chi connectivity index (χ3n) is 16.3. The van der Waals surface area contributed by atoms with Crippen LogP contribution < -0.4 is 5.30 Å². The minimum atomic E-state index is -2.60. The second kappa shape index (κ2) is 17.0. The van der Waals surface area contributed by atoms with Gasteiger partial charge in [0.2, 0.25) is 0 Å². The van der Waals surface area contributed by atoms with Crippen LogP contribution in [0.15, 0.2) is 206 Å². The van der Waals surface area contributed by atoms with Gasteiger partial charge in [0.05, 0.1) is 0 Å². The molecule has 0 atom stereocenters. The molecule has 1 aromatic heterocycles. The summed E-state index contributed by atoms with van der Waals surface area (Å²) in [5.41, 5.74) is 12.6. The Morgan fingerprint density at radius 1 is 0.371 bits per heavy atom. The van der Waals surface area contributed by atoms with Gasteiger partial charge in [-0.1, -0.05) is 206 Å². The maximum absolute atomic E-state index is 14.0. The number of benzene rings is 9. The summed E-state index contributed by atoms with van der Waals surface area (Å²) in [6.45, 7) is 3.81. The lowest BCUT2D eigenvalue weighted by atomic mass is 9.42. The Labute approximate surface area is 411 Å². The van der Waals surface area contributed by atoms with Crippen LogP contribution in [0.2, 0.25) is 0 Å². The van der Waals surface area contributed by atoms with Crippen LogP contribution in [-0.2, 0) is 9.98 Å². The van der Waals surface area contributed by atoms with Crippen molar-refractivity contribution in [3.63, 3.8) is 0 Å². The molecule has 4 nitrogen and oxygen atoms in total. The van der Waals surface area contributed by atoms with Gasteiger partial charge in [-0.05, 0) is 135 Å². The van der Waals surface area contributed by atoms with Crippen LogP contribution in [0.5, 0.6) is 0 Å². The van der Waals surface area contributed by atoms with E-state index in [1.807, 2.05) is 13.3 Å². The first-order chi connectivity index (χ1) is 34.3. The second-order valence-electron chi connectivity index (χ2n) is 20.7. The van der Waals surface area contributed by atoms with Gasteiger partial charge in [0, 0.05) is 27.4 Å². The van der Waals surface area contributed by atoms with E-state index in [0.717, 1.165) is 72.1 Å². The molecule has 4 fully saturated rings. The first-order valence-corrected chi connectivity index (χ1v) is 27.7. The fourth-order valence-electron chi connectivity index (χ4n) is 13.6. The van der Waals surface area contributed by atoms with E-state index in [9.17, 15) is 4.57 Å². The Morgan fingerprint density at radius 2 is 0.757 bits per heavy atom. The molecule has 0 aliphatic heterocycles. The van der Waals surface area contributed by atoms with Crippen molar-refractivity contribution < 1.29 is 4.57 Å². The highest BCUT2D eigenvalue weighted by atomic mass is 31.2. The van der Waals surface area contributed by atoms with E-state index in [0.29, 0.717) is 29.3 Å². The van der Waals surface area contributed by atoms with E-state index in [-0.39, 0.29) is 5.41 Å². The fourth-order valence-corrected chi connectivity index (χ4v) is 15.1. The van der Waals surface area contributed by atoms with E-state index in [1.54, 1.807) is 0 Å². The molecule has 5 heteroatoms. The Kier molecular flexibility index (Phi) is 10.4. The normalized spacial score (nSPS) is 20.5. The quantitative estimate of drug-likeness (QED) is 0.107. The van der Waals surface area contributed by atoms with Gasteiger partial charge in [0.25, 0.3) is 0 Å². The number of hydrogen-bond donors (Lipinski definition) is 0. The average molecular weight is 924 g/mol. The summed E-state index contributed by atoms with van der Waals surface area (Å²) in [5.74, 6) is 4.77. The third-order valence-corrected chi connectivity index (χ3v) is 17.8. The predicted molar refractivity (Wildman–Crippen MR) is 291 cm³/mol. The molecule has 0 radical (unpaired) electrons. The standard InChI is InChI=1S/C65H54N3OP/c1-70(2,69)61-57-22-12-10-20-55(57)60(56-21-11-13-23-58(56)61)47-29-33-50(34-30-47)65(52-38-42-37-43(40-52)41-53(65)39-42)51-35-31-49(32-36-51)63-66-62(48-27-25-45(26-28-48)44-15-5-3-6-16-44)67-64(68-63)59-24-14-9-19-54(59)46-17-7-4-8-18-46/h3-36,42-43,52-53H,37-41H2,1-2H3. The van der Waals surface area contributed by atoms with Crippen LogP contribution in [0.3, 0.4) is 0 Å². The van der Waals surface area contributed by atoms with E-state index in [1.165, 1.54) is 59.9 Å². The van der Waals surface area contributed by atoms with Crippen molar-refractivity contribution in [1.82, 2.24) is 15.0 Å². The van der Waals surface area contributed by atoms with Crippen LogP contribution in [-0.4, -0.2) is 28.3 Å². The summed E-state index contributed by atoms with van der Waals surface area (Å²) in [6, 6.07) is 74.3. The van der Waals surface area contributed by atoms with Crippen LogP contribution >= 0.6 is 7.14 Å². The van der Waals surface area contributed by atoms with Gasteiger partial charge in [0.1, 0.15) is 7.14 Å². The highest BCUT2D eigenvalue weighted by molar-refractivity contribution is 7.71. The summed E-state index contributed by atoms with van der Waals surface area (Å²) in [7, 11) is -2.60. The Hall–Kier alpha value is -7.26. The molecule has 4 aliphatic carbocycles. The fraction of sp³-hybridized carbons (Fsp3) is 0.185. The van der Waals surface area contributed by atoms with Crippen molar-refractivity contribution in [2.24, 2.45) is 23.7 Å². The lowest BCUT2D eigenvalue weighted by Crippen LogP contribution is -2.56. The zero-order valence-corrected chi connectivity index (χ0v) is 40.6. The summed E-state index contributed by atoms with van der Waals surface area (Å²) in [5, 5.41) is 5.47. The second-order valence-corrected chi connectivity index (χ2v) is 23.8. The van der Waals surface area contributed by atoms with E-state index < -0.39 is 7.14 Å². The van der Waals surface area contributed by atoms with Crippen molar-refractivity contribution in [2.45, 2.75) is 37.5 Å². The molecule has 4 bridgehead atoms. The Bertz CT molecular complexity index is 3550. The maximum atomic E-state index is 14.0. The van der Waals surface area contributed by atoms with Gasteiger partial charge in [-0.25, -0.2) is 15.0 Å². The number of nitrogens with zero attached hydrogens (tertiary/aromatic N) is 3. The molecule has 70 heavy (non-hydrogen) atoms. The average Bonchev–Trinajstić information content (AvgIpc) is 3.40. The van der Waals surface area contributed by atoms with Crippen LogP contribution in [0.4, 0.5) is 0 Å². The first kappa shape index (κ1) is 42.8. The number of hydrogen-bond acceptors (Lipinski definition) is 4. The molecule has 4 saturated carbocycles. The van der Waals surface area contributed by atoms with E-state index in [4.69, 9.17) is 15.0 Å². The summed E-state index contributed by atoms with van der Waals surface area (Å²) in [4.78, 5) is 15.8. The SMILES string of the molecule is CP(C)(=O)c1c2ccccc2c(-c2ccc(C3(c4ccc(-c5nc(-c6ccc(-c7ccccc7)cc6)nc(-c6ccccc6-c6ccccc6)n5)cc4)C4CC5CC(C4)CC3C5)cc2)c2ccccc12. The molecular formula is C65H54N3OP. The molecule has 0 N–H and O–H groups in total. The highest BCUT2D eigenvalue weighted by Crippen LogP contribution is 2.65. The van der Waals surface area contributed by atoms with Crippen molar-refractivity contribution in [2.75, 3.05) is 13.3 Å². The summed E-state index contributed by atoms with van der Waals surface area (Å²) in [6.07, 6.45) is 6.53. The number of fused-ring (bicyclic) bond motifs is 2.